The van der Waals surface area contributed by atoms with Gasteiger partial charge in [-0.2, -0.15) is 14.0 Å². The van der Waals surface area contributed by atoms with Gasteiger partial charge in [0.1, 0.15) is 23.3 Å². The number of ether oxygens (including phenoxy) is 1. The fourth-order valence-corrected chi connectivity index (χ4v) is 5.97. The van der Waals surface area contributed by atoms with E-state index in [4.69, 9.17) is 5.26 Å². The van der Waals surface area contributed by atoms with Crippen molar-refractivity contribution in [3.63, 3.8) is 0 Å². The van der Waals surface area contributed by atoms with Crippen LogP contribution >= 0.6 is 0 Å². The van der Waals surface area contributed by atoms with Gasteiger partial charge in [-0.1, -0.05) is 32.6 Å². The second kappa shape index (κ2) is 11.4. The Morgan fingerprint density at radius 1 is 0.811 bits per heavy atom. The summed E-state index contributed by atoms with van der Waals surface area (Å²) in [6, 6.07) is 3.55. The molecule has 4 rings (SSSR count). The molecule has 2 aromatic carbocycles. The van der Waals surface area contributed by atoms with Gasteiger partial charge in [0.05, 0.1) is 5.56 Å². The van der Waals surface area contributed by atoms with Crippen LogP contribution in [0.4, 0.5) is 26.3 Å². The van der Waals surface area contributed by atoms with Crippen molar-refractivity contribution < 1.29 is 31.1 Å². The molecular weight excluding hydrogens is 492 g/mol. The van der Waals surface area contributed by atoms with Crippen LogP contribution in [0.25, 0.3) is 0 Å². The number of rotatable bonds is 7. The number of alkyl halides is 2. The maximum Gasteiger partial charge on any atom is 0.427 e. The Bertz CT molecular complexity index is 1100. The van der Waals surface area contributed by atoms with Crippen LogP contribution in [0.15, 0.2) is 24.3 Å². The van der Waals surface area contributed by atoms with Gasteiger partial charge < -0.3 is 4.74 Å². The lowest BCUT2D eigenvalue weighted by Gasteiger charge is -2.37. The van der Waals surface area contributed by atoms with Crippen molar-refractivity contribution in [2.45, 2.75) is 77.2 Å². The van der Waals surface area contributed by atoms with Crippen LogP contribution in [0.2, 0.25) is 0 Å². The first kappa shape index (κ1) is 27.3. The van der Waals surface area contributed by atoms with Crippen LogP contribution in [0.5, 0.6) is 5.75 Å². The Morgan fingerprint density at radius 3 is 1.84 bits per heavy atom. The van der Waals surface area contributed by atoms with Crippen molar-refractivity contribution in [1.29, 1.82) is 5.26 Å². The summed E-state index contributed by atoms with van der Waals surface area (Å²) in [4.78, 5) is 0. The molecule has 0 aliphatic heterocycles. The summed E-state index contributed by atoms with van der Waals surface area (Å²) in [6.45, 7) is 2.32. The molecule has 2 nitrogen and oxygen atoms in total. The first-order valence-electron chi connectivity index (χ1n) is 13.0. The van der Waals surface area contributed by atoms with Crippen LogP contribution in [-0.2, 0) is 12.5 Å². The van der Waals surface area contributed by atoms with Crippen LogP contribution in [0.1, 0.15) is 81.4 Å². The molecule has 0 saturated heterocycles. The molecule has 0 spiro atoms. The molecule has 200 valence electrons. The monoisotopic (exact) mass is 523 g/mol. The lowest BCUT2D eigenvalue weighted by molar-refractivity contribution is -0.188. The molecule has 0 unspecified atom stereocenters. The van der Waals surface area contributed by atoms with E-state index in [1.165, 1.54) is 44.6 Å². The number of nitriles is 1. The minimum absolute atomic E-state index is 0.204. The standard InChI is InChI=1S/C29H31F6NO/c1-17-2-8-20(9-3-17)21-10-6-18(7-11-21)4-5-19-12-26(32)28(27(33)13-19)37-29(34,35)22-14-24(30)23(16-36)25(31)15-22/h12-15,17-18,20-21H,2-11H2,1H3. The molecule has 8 heteroatoms. The molecule has 0 heterocycles. The zero-order valence-corrected chi connectivity index (χ0v) is 20.8. The van der Waals surface area contributed by atoms with Crippen molar-refractivity contribution >= 4 is 0 Å². The van der Waals surface area contributed by atoms with Crippen molar-refractivity contribution in [2.75, 3.05) is 0 Å². The summed E-state index contributed by atoms with van der Waals surface area (Å²) < 4.78 is 90.0. The molecular formula is C29H31F6NO. The first-order chi connectivity index (χ1) is 17.6. The van der Waals surface area contributed by atoms with Crippen LogP contribution in [-0.4, -0.2) is 0 Å². The Balaban J connectivity index is 1.35. The van der Waals surface area contributed by atoms with Gasteiger partial charge in [-0.3, -0.25) is 0 Å². The Kier molecular flexibility index (Phi) is 8.40. The second-order valence-corrected chi connectivity index (χ2v) is 10.8. The highest BCUT2D eigenvalue weighted by atomic mass is 19.3. The minimum Gasteiger partial charge on any atom is -0.423 e. The molecule has 2 saturated carbocycles. The van der Waals surface area contributed by atoms with E-state index in [-0.39, 0.29) is 12.1 Å². The van der Waals surface area contributed by atoms with E-state index in [1.54, 1.807) is 0 Å². The van der Waals surface area contributed by atoms with Gasteiger partial charge in [0.25, 0.3) is 0 Å². The van der Waals surface area contributed by atoms with E-state index in [9.17, 15) is 26.3 Å². The highest BCUT2D eigenvalue weighted by Gasteiger charge is 2.38. The molecule has 2 aromatic rings. The van der Waals surface area contributed by atoms with E-state index in [0.717, 1.165) is 49.1 Å². The molecule has 37 heavy (non-hydrogen) atoms. The van der Waals surface area contributed by atoms with E-state index in [0.29, 0.717) is 17.9 Å². The van der Waals surface area contributed by atoms with Crippen LogP contribution in [0, 0.1) is 58.3 Å². The maximum absolute atomic E-state index is 14.6. The number of nitrogens with zero attached hydrogens (tertiary/aromatic N) is 1. The SMILES string of the molecule is CC1CCC(C2CCC(CCc3cc(F)c(OC(F)(F)c4cc(F)c(C#N)c(F)c4)c(F)c3)CC2)CC1. The summed E-state index contributed by atoms with van der Waals surface area (Å²) in [7, 11) is 0. The first-order valence-corrected chi connectivity index (χ1v) is 13.0. The average molecular weight is 524 g/mol. The molecule has 0 atom stereocenters. The van der Waals surface area contributed by atoms with E-state index in [1.807, 2.05) is 0 Å². The third-order valence-corrected chi connectivity index (χ3v) is 8.24. The molecule has 2 fully saturated rings. The zero-order chi connectivity index (χ0) is 26.7. The highest BCUT2D eigenvalue weighted by molar-refractivity contribution is 5.37. The van der Waals surface area contributed by atoms with Crippen molar-refractivity contribution in [1.82, 2.24) is 0 Å². The Hall–Kier alpha value is -2.69. The van der Waals surface area contributed by atoms with Crippen molar-refractivity contribution in [3.8, 4) is 11.8 Å². The Labute approximate surface area is 213 Å². The van der Waals surface area contributed by atoms with Gasteiger partial charge in [0.15, 0.2) is 17.4 Å². The normalized spacial score (nSPS) is 24.5. The van der Waals surface area contributed by atoms with Gasteiger partial charge in [0.2, 0.25) is 0 Å². The van der Waals surface area contributed by atoms with Gasteiger partial charge in [0, 0.05) is 0 Å². The zero-order valence-electron chi connectivity index (χ0n) is 20.8. The summed E-state index contributed by atoms with van der Waals surface area (Å²) in [5.74, 6) is -4.14. The fraction of sp³-hybridized carbons (Fsp3) is 0.552. The predicted molar refractivity (Wildman–Crippen MR) is 127 cm³/mol. The van der Waals surface area contributed by atoms with Crippen LogP contribution in [0.3, 0.4) is 0 Å². The lowest BCUT2D eigenvalue weighted by atomic mass is 9.69. The van der Waals surface area contributed by atoms with Gasteiger partial charge in [-0.25, -0.2) is 17.6 Å². The van der Waals surface area contributed by atoms with E-state index >= 15 is 0 Å². The Morgan fingerprint density at radius 2 is 1.32 bits per heavy atom. The second-order valence-electron chi connectivity index (χ2n) is 10.8. The van der Waals surface area contributed by atoms with Crippen molar-refractivity contribution in [3.05, 3.63) is 64.2 Å². The number of benzene rings is 2. The predicted octanol–water partition coefficient (Wildman–Crippen LogP) is 8.81. The molecule has 0 aromatic heterocycles. The maximum atomic E-state index is 14.6. The van der Waals surface area contributed by atoms with E-state index in [2.05, 4.69) is 11.7 Å². The molecule has 0 N–H and O–H groups in total. The molecule has 0 radical (unpaired) electrons. The lowest BCUT2D eigenvalue weighted by Crippen LogP contribution is -2.25. The summed E-state index contributed by atoms with van der Waals surface area (Å²) in [5.41, 5.74) is -2.01. The molecule has 2 aliphatic carbocycles. The van der Waals surface area contributed by atoms with Gasteiger partial charge >= 0.3 is 6.11 Å². The molecule has 2 aliphatic rings. The highest BCUT2D eigenvalue weighted by Crippen LogP contribution is 2.42. The van der Waals surface area contributed by atoms with Crippen molar-refractivity contribution in [2.24, 2.45) is 23.7 Å². The largest absolute Gasteiger partial charge is 0.427 e. The smallest absolute Gasteiger partial charge is 0.423 e. The third-order valence-electron chi connectivity index (χ3n) is 8.24. The molecule has 0 bridgehead atoms. The quantitative estimate of drug-likeness (QED) is 0.340. The molecule has 0 amide bonds. The number of hydrogen-bond acceptors (Lipinski definition) is 2. The van der Waals surface area contributed by atoms with E-state index < -0.39 is 46.3 Å². The summed E-state index contributed by atoms with van der Waals surface area (Å²) >= 11 is 0. The van der Waals surface area contributed by atoms with Crippen LogP contribution < -0.4 is 4.74 Å². The topological polar surface area (TPSA) is 33.0 Å². The third kappa shape index (κ3) is 6.42. The minimum atomic E-state index is -4.44. The number of halogens is 6. The summed E-state index contributed by atoms with van der Waals surface area (Å²) in [5, 5.41) is 8.68. The summed E-state index contributed by atoms with van der Waals surface area (Å²) in [6.07, 6.45) is 6.54. The number of aryl methyl sites for hydroxylation is 1. The number of hydrogen-bond donors (Lipinski definition) is 0. The van der Waals surface area contributed by atoms with Gasteiger partial charge in [-0.15, -0.1) is 0 Å². The average Bonchev–Trinajstić information content (AvgIpc) is 2.85. The fourth-order valence-electron chi connectivity index (χ4n) is 5.97. The van der Waals surface area contributed by atoms with Gasteiger partial charge in [-0.05, 0) is 92.0 Å².